The summed E-state index contributed by atoms with van der Waals surface area (Å²) in [6.45, 7) is 3.60. The van der Waals surface area contributed by atoms with Gasteiger partial charge in [0.15, 0.2) is 12.1 Å². The first kappa shape index (κ1) is 19.0. The lowest BCUT2D eigenvalue weighted by Crippen LogP contribution is -2.39. The van der Waals surface area contributed by atoms with Crippen LogP contribution in [0.2, 0.25) is 0 Å². The predicted molar refractivity (Wildman–Crippen MR) is 106 cm³/mol. The molecular weight excluding hydrogens is 403 g/mol. The molecule has 2 aliphatic rings. The predicted octanol–water partition coefficient (Wildman–Crippen LogP) is 2.99. The zero-order chi connectivity index (χ0) is 21.7. The highest BCUT2D eigenvalue weighted by atomic mass is 19.1. The molecule has 10 heteroatoms. The van der Waals surface area contributed by atoms with Crippen LogP contribution >= 0.6 is 0 Å². The van der Waals surface area contributed by atoms with E-state index in [9.17, 15) is 14.0 Å². The highest BCUT2D eigenvalue weighted by molar-refractivity contribution is 6.25. The van der Waals surface area contributed by atoms with Crippen molar-refractivity contribution in [1.29, 1.82) is 0 Å². The first-order valence-electron chi connectivity index (χ1n) is 9.63. The van der Waals surface area contributed by atoms with E-state index in [4.69, 9.17) is 4.52 Å². The number of halogens is 1. The van der Waals surface area contributed by atoms with Crippen molar-refractivity contribution < 1.29 is 18.5 Å². The van der Waals surface area contributed by atoms with Gasteiger partial charge in [0.25, 0.3) is 11.8 Å². The van der Waals surface area contributed by atoms with Crippen molar-refractivity contribution in [3.05, 3.63) is 65.3 Å². The Hall–Kier alpha value is -3.95. The summed E-state index contributed by atoms with van der Waals surface area (Å²) >= 11 is 0. The largest absolute Gasteiger partial charge is 0.337 e. The van der Waals surface area contributed by atoms with Gasteiger partial charge >= 0.3 is 0 Å². The molecule has 2 amide bonds. The Bertz CT molecular complexity index is 1220. The molecule has 1 fully saturated rings. The van der Waals surface area contributed by atoms with E-state index in [1.54, 1.807) is 6.92 Å². The fourth-order valence-electron chi connectivity index (χ4n) is 3.61. The van der Waals surface area contributed by atoms with Crippen LogP contribution in [0.5, 0.6) is 0 Å². The Morgan fingerprint density at radius 2 is 1.84 bits per heavy atom. The van der Waals surface area contributed by atoms with Crippen molar-refractivity contribution >= 4 is 17.5 Å². The molecule has 2 aliphatic heterocycles. The second-order valence-corrected chi connectivity index (χ2v) is 7.52. The number of anilines is 1. The Morgan fingerprint density at radius 1 is 1.06 bits per heavy atom. The highest BCUT2D eigenvalue weighted by Gasteiger charge is 2.55. The number of aryl methyl sites for hydroxylation is 2. The molecule has 31 heavy (non-hydrogen) atoms. The number of nitrogens with zero attached hydrogens (tertiary/aromatic N) is 6. The molecule has 0 bridgehead atoms. The fraction of sp³-hybridized carbons (Fsp3) is 0.238. The Labute approximate surface area is 176 Å². The van der Waals surface area contributed by atoms with Crippen molar-refractivity contribution in [2.45, 2.75) is 32.5 Å². The van der Waals surface area contributed by atoms with E-state index < -0.39 is 29.7 Å². The molecule has 3 heterocycles. The molecular formula is C21H17FN6O3. The number of amides is 2. The molecule has 5 rings (SSSR count). The minimum Gasteiger partial charge on any atom is -0.337 e. The Kier molecular flexibility index (Phi) is 4.35. The van der Waals surface area contributed by atoms with Crippen LogP contribution in [0.25, 0.3) is 11.4 Å². The van der Waals surface area contributed by atoms with Crippen LogP contribution in [0.4, 0.5) is 10.1 Å². The topological polar surface area (TPSA) is 104 Å². The number of carbonyl (C=O) groups is 2. The van der Waals surface area contributed by atoms with Crippen molar-refractivity contribution in [3.63, 3.8) is 0 Å². The van der Waals surface area contributed by atoms with Gasteiger partial charge in [0.2, 0.25) is 11.7 Å². The maximum absolute atomic E-state index is 14.0. The van der Waals surface area contributed by atoms with Crippen LogP contribution in [0.3, 0.4) is 0 Å². The standard InChI is InChI=1S/C21H17FN6O3/c1-11-3-6-13(7-4-11)19-23-16(31-25-19)10-27-18-17(24-26-27)20(29)28(21(18)30)14-8-5-12(2)15(22)9-14/h3-9,17-18H,10H2,1-2H3/t17-,18-/m0/s1. The summed E-state index contributed by atoms with van der Waals surface area (Å²) in [5, 5.41) is 13.2. The molecule has 156 valence electrons. The molecule has 0 N–H and O–H groups in total. The number of hydrogen-bond donors (Lipinski definition) is 0. The molecule has 0 aliphatic carbocycles. The number of benzene rings is 2. The smallest absolute Gasteiger partial charge is 0.263 e. The third-order valence-electron chi connectivity index (χ3n) is 5.35. The van der Waals surface area contributed by atoms with Crippen LogP contribution in [0.1, 0.15) is 17.0 Å². The summed E-state index contributed by atoms with van der Waals surface area (Å²) in [6.07, 6.45) is 0. The summed E-state index contributed by atoms with van der Waals surface area (Å²) in [5.74, 6) is -0.927. The molecule has 1 saturated heterocycles. The minimum atomic E-state index is -0.989. The third kappa shape index (κ3) is 3.16. The Morgan fingerprint density at radius 3 is 2.58 bits per heavy atom. The molecule has 2 aromatic carbocycles. The van der Waals surface area contributed by atoms with Gasteiger partial charge < -0.3 is 4.52 Å². The van der Waals surface area contributed by atoms with Gasteiger partial charge in [-0.1, -0.05) is 46.3 Å². The first-order valence-corrected chi connectivity index (χ1v) is 9.63. The summed E-state index contributed by atoms with van der Waals surface area (Å²) in [5.41, 5.74) is 2.49. The van der Waals surface area contributed by atoms with Gasteiger partial charge in [-0.3, -0.25) is 14.6 Å². The van der Waals surface area contributed by atoms with E-state index in [2.05, 4.69) is 20.5 Å². The maximum Gasteiger partial charge on any atom is 0.263 e. The number of fused-ring (bicyclic) bond motifs is 1. The molecule has 0 radical (unpaired) electrons. The molecule has 1 aromatic heterocycles. The highest BCUT2D eigenvalue weighted by Crippen LogP contribution is 2.33. The number of rotatable bonds is 4. The molecule has 9 nitrogen and oxygen atoms in total. The van der Waals surface area contributed by atoms with E-state index in [-0.39, 0.29) is 18.1 Å². The summed E-state index contributed by atoms with van der Waals surface area (Å²) in [7, 11) is 0. The van der Waals surface area contributed by atoms with Crippen LogP contribution in [-0.4, -0.2) is 39.0 Å². The SMILES string of the molecule is Cc1ccc(-c2noc(CN3N=N[C@@H]4C(=O)N(c5ccc(C)c(F)c5)C(=O)[C@H]43)n2)cc1. The van der Waals surface area contributed by atoms with Crippen LogP contribution in [-0.2, 0) is 16.1 Å². The summed E-state index contributed by atoms with van der Waals surface area (Å²) in [4.78, 5) is 31.1. The van der Waals surface area contributed by atoms with Gasteiger partial charge in [-0.05, 0) is 31.5 Å². The van der Waals surface area contributed by atoms with Crippen LogP contribution < -0.4 is 4.90 Å². The van der Waals surface area contributed by atoms with Gasteiger partial charge in [0.1, 0.15) is 12.4 Å². The molecule has 0 spiro atoms. The van der Waals surface area contributed by atoms with Crippen LogP contribution in [0.15, 0.2) is 57.3 Å². The Balaban J connectivity index is 1.36. The average molecular weight is 420 g/mol. The van der Waals surface area contributed by atoms with E-state index in [1.807, 2.05) is 31.2 Å². The third-order valence-corrected chi connectivity index (χ3v) is 5.35. The van der Waals surface area contributed by atoms with E-state index in [0.29, 0.717) is 11.4 Å². The zero-order valence-electron chi connectivity index (χ0n) is 16.7. The molecule has 0 saturated carbocycles. The van der Waals surface area contributed by atoms with Gasteiger partial charge in [-0.25, -0.2) is 9.29 Å². The van der Waals surface area contributed by atoms with Crippen molar-refractivity contribution in [1.82, 2.24) is 15.1 Å². The van der Waals surface area contributed by atoms with Crippen molar-refractivity contribution in [2.24, 2.45) is 10.3 Å². The van der Waals surface area contributed by atoms with Gasteiger partial charge in [-0.15, -0.1) is 0 Å². The van der Waals surface area contributed by atoms with Crippen molar-refractivity contribution in [3.8, 4) is 11.4 Å². The lowest BCUT2D eigenvalue weighted by Gasteiger charge is -2.19. The van der Waals surface area contributed by atoms with Crippen LogP contribution in [0, 0.1) is 19.7 Å². The summed E-state index contributed by atoms with van der Waals surface area (Å²) in [6, 6.07) is 9.93. The molecule has 0 unspecified atom stereocenters. The number of hydrogen-bond acceptors (Lipinski definition) is 8. The second-order valence-electron chi connectivity index (χ2n) is 7.52. The monoisotopic (exact) mass is 420 g/mol. The average Bonchev–Trinajstić information content (AvgIpc) is 3.44. The molecule has 2 atom stereocenters. The maximum atomic E-state index is 14.0. The number of aromatic nitrogens is 2. The quantitative estimate of drug-likeness (QED) is 0.601. The van der Waals surface area contributed by atoms with Gasteiger partial charge in [-0.2, -0.15) is 10.1 Å². The van der Waals surface area contributed by atoms with Gasteiger partial charge in [0.05, 0.1) is 5.69 Å². The van der Waals surface area contributed by atoms with Gasteiger partial charge in [0, 0.05) is 5.56 Å². The lowest BCUT2D eigenvalue weighted by atomic mass is 10.1. The zero-order valence-corrected chi connectivity index (χ0v) is 16.7. The second kappa shape index (κ2) is 7.08. The van der Waals surface area contributed by atoms with E-state index in [0.717, 1.165) is 16.0 Å². The number of carbonyl (C=O) groups excluding carboxylic acids is 2. The lowest BCUT2D eigenvalue weighted by molar-refractivity contribution is -0.123. The van der Waals surface area contributed by atoms with E-state index in [1.165, 1.54) is 23.2 Å². The fourth-order valence-corrected chi connectivity index (χ4v) is 3.61. The normalized spacial score (nSPS) is 20.1. The minimum absolute atomic E-state index is 0.0125. The molecule has 3 aromatic rings. The van der Waals surface area contributed by atoms with E-state index >= 15 is 0 Å². The first-order chi connectivity index (χ1) is 14.9. The number of imide groups is 1. The van der Waals surface area contributed by atoms with Crippen molar-refractivity contribution in [2.75, 3.05) is 4.90 Å². The summed E-state index contributed by atoms with van der Waals surface area (Å²) < 4.78 is 19.3.